The first kappa shape index (κ1) is 32.5. The van der Waals surface area contributed by atoms with E-state index in [1.807, 2.05) is 60.7 Å². The fourth-order valence-corrected chi connectivity index (χ4v) is 7.07. The van der Waals surface area contributed by atoms with Gasteiger partial charge >= 0.3 is 0 Å². The number of fused-ring (bicyclic) bond motifs is 1. The fraction of sp³-hybridized carbons (Fsp3) is 0. The van der Waals surface area contributed by atoms with Crippen LogP contribution in [0.4, 0.5) is 0 Å². The van der Waals surface area contributed by atoms with Gasteiger partial charge in [-0.1, -0.05) is 146 Å². The highest BCUT2D eigenvalue weighted by molar-refractivity contribution is 5.99. The smallest absolute Gasteiger partial charge is 0.160 e. The minimum atomic E-state index is 0.663. The first-order chi connectivity index (χ1) is 26.7. The minimum absolute atomic E-state index is 0.663. The molecule has 0 fully saturated rings. The van der Waals surface area contributed by atoms with Crippen molar-refractivity contribution in [2.75, 3.05) is 0 Å². The molecular formula is C51H33N3. The number of benzene rings is 7. The van der Waals surface area contributed by atoms with Crippen LogP contribution in [0.2, 0.25) is 0 Å². The van der Waals surface area contributed by atoms with E-state index in [0.717, 1.165) is 67.0 Å². The molecule has 0 amide bonds. The van der Waals surface area contributed by atoms with Gasteiger partial charge in [-0.25, -0.2) is 9.97 Å². The third kappa shape index (κ3) is 6.68. The van der Waals surface area contributed by atoms with E-state index in [9.17, 15) is 5.26 Å². The normalized spacial score (nSPS) is 12.4. The molecule has 1 aliphatic carbocycles. The lowest BCUT2D eigenvalue weighted by molar-refractivity contribution is 1.18. The van der Waals surface area contributed by atoms with E-state index < -0.39 is 0 Å². The average molecular weight is 688 g/mol. The van der Waals surface area contributed by atoms with E-state index in [4.69, 9.17) is 9.97 Å². The second-order valence-electron chi connectivity index (χ2n) is 13.4. The molecule has 0 saturated heterocycles. The van der Waals surface area contributed by atoms with Crippen molar-refractivity contribution < 1.29 is 0 Å². The Balaban J connectivity index is 1.11. The van der Waals surface area contributed by atoms with Crippen molar-refractivity contribution >= 4 is 17.7 Å². The van der Waals surface area contributed by atoms with Crippen LogP contribution in [-0.2, 0) is 0 Å². The van der Waals surface area contributed by atoms with E-state index in [-0.39, 0.29) is 0 Å². The zero-order chi connectivity index (χ0) is 36.3. The van der Waals surface area contributed by atoms with Crippen molar-refractivity contribution in [3.63, 3.8) is 0 Å². The maximum atomic E-state index is 9.20. The molecule has 1 aliphatic rings. The third-order valence-corrected chi connectivity index (χ3v) is 9.86. The summed E-state index contributed by atoms with van der Waals surface area (Å²) < 4.78 is 0. The Labute approximate surface area is 315 Å². The van der Waals surface area contributed by atoms with Crippen LogP contribution in [0.5, 0.6) is 0 Å². The predicted octanol–water partition coefficient (Wildman–Crippen LogP) is 12.9. The lowest BCUT2D eigenvalue weighted by Gasteiger charge is -2.14. The highest BCUT2D eigenvalue weighted by atomic mass is 14.9. The lowest BCUT2D eigenvalue weighted by atomic mass is 9.92. The second kappa shape index (κ2) is 14.3. The van der Waals surface area contributed by atoms with Crippen LogP contribution in [0.15, 0.2) is 188 Å². The Morgan fingerprint density at radius 2 is 0.963 bits per heavy atom. The van der Waals surface area contributed by atoms with Crippen molar-refractivity contribution in [1.82, 2.24) is 9.97 Å². The van der Waals surface area contributed by atoms with Crippen LogP contribution in [0.25, 0.3) is 85.0 Å². The molecule has 0 unspecified atom stereocenters. The van der Waals surface area contributed by atoms with Crippen LogP contribution in [-0.4, -0.2) is 9.97 Å². The number of aromatic nitrogens is 2. The summed E-state index contributed by atoms with van der Waals surface area (Å²) >= 11 is 0. The Morgan fingerprint density at radius 1 is 0.407 bits per heavy atom. The summed E-state index contributed by atoms with van der Waals surface area (Å²) in [5.74, 6) is 0.697. The molecule has 8 aromatic rings. The highest BCUT2D eigenvalue weighted by Gasteiger charge is 2.16. The number of nitrogens with zero attached hydrogens (tertiary/aromatic N) is 3. The largest absolute Gasteiger partial charge is 0.228 e. The number of nitriles is 1. The van der Waals surface area contributed by atoms with Crippen molar-refractivity contribution in [2.45, 2.75) is 0 Å². The van der Waals surface area contributed by atoms with Gasteiger partial charge in [0.1, 0.15) is 0 Å². The van der Waals surface area contributed by atoms with Crippen LogP contribution in [0, 0.1) is 11.3 Å². The van der Waals surface area contributed by atoms with Gasteiger partial charge in [0.2, 0.25) is 0 Å². The molecular weight excluding hydrogens is 655 g/mol. The number of allylic oxidation sites excluding steroid dienone is 2. The molecule has 0 saturated carbocycles. The average Bonchev–Trinajstić information content (AvgIpc) is 3.66. The van der Waals surface area contributed by atoms with Crippen LogP contribution >= 0.6 is 0 Å². The van der Waals surface area contributed by atoms with Crippen LogP contribution < -0.4 is 0 Å². The van der Waals surface area contributed by atoms with Crippen molar-refractivity contribution in [3.8, 4) is 73.4 Å². The molecule has 0 N–H and O–H groups in total. The molecule has 1 heterocycles. The van der Waals surface area contributed by atoms with Crippen molar-refractivity contribution in [2.24, 2.45) is 0 Å². The first-order valence-corrected chi connectivity index (χ1v) is 18.0. The van der Waals surface area contributed by atoms with Gasteiger partial charge in [-0.15, -0.1) is 0 Å². The van der Waals surface area contributed by atoms with Gasteiger partial charge < -0.3 is 0 Å². The number of rotatable bonds is 7. The molecule has 252 valence electrons. The molecule has 7 aromatic carbocycles. The molecule has 0 radical (unpaired) electrons. The van der Waals surface area contributed by atoms with E-state index in [1.54, 1.807) is 0 Å². The molecule has 0 atom stereocenters. The van der Waals surface area contributed by atoms with Crippen LogP contribution in [0.1, 0.15) is 22.3 Å². The van der Waals surface area contributed by atoms with E-state index in [2.05, 4.69) is 146 Å². The first-order valence-electron chi connectivity index (χ1n) is 18.0. The summed E-state index contributed by atoms with van der Waals surface area (Å²) in [4.78, 5) is 10.2. The van der Waals surface area contributed by atoms with Gasteiger partial charge in [-0.2, -0.15) is 5.26 Å². The Morgan fingerprint density at radius 3 is 1.67 bits per heavy atom. The van der Waals surface area contributed by atoms with Gasteiger partial charge in [-0.05, 0) is 110 Å². The van der Waals surface area contributed by atoms with Gasteiger partial charge in [0.05, 0.1) is 23.0 Å². The van der Waals surface area contributed by atoms with Gasteiger partial charge in [0, 0.05) is 16.7 Å². The SMILES string of the molecule is N#Cc1ccc(-c2cccc(/C=C3\C=Cc4cc(-c5cc(-c6ccccc6)cc(-c6cc(-c7ccccc7)nc(-c7ccccc7)n6)c5)ccc43)c2)cc1. The Kier molecular flexibility index (Phi) is 8.61. The van der Waals surface area contributed by atoms with Gasteiger partial charge in [-0.3, -0.25) is 0 Å². The van der Waals surface area contributed by atoms with Crippen molar-refractivity contribution in [1.29, 1.82) is 5.26 Å². The summed E-state index contributed by atoms with van der Waals surface area (Å²) in [5, 5.41) is 9.20. The second-order valence-corrected chi connectivity index (χ2v) is 13.4. The van der Waals surface area contributed by atoms with E-state index >= 15 is 0 Å². The monoisotopic (exact) mass is 687 g/mol. The minimum Gasteiger partial charge on any atom is -0.228 e. The summed E-state index contributed by atoms with van der Waals surface area (Å²) in [6.07, 6.45) is 6.65. The number of hydrogen-bond acceptors (Lipinski definition) is 3. The Bertz CT molecular complexity index is 2680. The van der Waals surface area contributed by atoms with Gasteiger partial charge in [0.15, 0.2) is 5.82 Å². The number of hydrogen-bond donors (Lipinski definition) is 0. The molecule has 0 spiro atoms. The Hall–Kier alpha value is -7.41. The quantitative estimate of drug-likeness (QED) is 0.168. The molecule has 54 heavy (non-hydrogen) atoms. The van der Waals surface area contributed by atoms with Gasteiger partial charge in [0.25, 0.3) is 0 Å². The summed E-state index contributed by atoms with van der Waals surface area (Å²) in [5.41, 5.74) is 16.9. The molecule has 9 rings (SSSR count). The molecule has 0 bridgehead atoms. The highest BCUT2D eigenvalue weighted by Crippen LogP contribution is 2.38. The predicted molar refractivity (Wildman–Crippen MR) is 223 cm³/mol. The maximum Gasteiger partial charge on any atom is 0.160 e. The fourth-order valence-electron chi connectivity index (χ4n) is 7.07. The topological polar surface area (TPSA) is 49.6 Å². The summed E-state index contributed by atoms with van der Waals surface area (Å²) in [6, 6.07) is 65.2. The van der Waals surface area contributed by atoms with E-state index in [0.29, 0.717) is 11.4 Å². The molecule has 1 aromatic heterocycles. The molecule has 0 aliphatic heterocycles. The molecule has 3 heteroatoms. The maximum absolute atomic E-state index is 9.20. The summed E-state index contributed by atoms with van der Waals surface area (Å²) in [6.45, 7) is 0. The molecule has 3 nitrogen and oxygen atoms in total. The van der Waals surface area contributed by atoms with Crippen LogP contribution in [0.3, 0.4) is 0 Å². The van der Waals surface area contributed by atoms with E-state index in [1.165, 1.54) is 16.7 Å². The lowest BCUT2D eigenvalue weighted by Crippen LogP contribution is -1.96. The zero-order valence-electron chi connectivity index (χ0n) is 29.4. The van der Waals surface area contributed by atoms with Crippen molar-refractivity contribution in [3.05, 3.63) is 210 Å². The third-order valence-electron chi connectivity index (χ3n) is 9.86. The standard InChI is InChI=1S/C51H33N3/c52-34-35-19-21-38(22-20-35)41-18-10-11-36(27-41)28-43-23-24-44-29-42(25-26-48(43)44)46-30-45(37-12-4-1-5-13-37)31-47(32-46)50-33-49(39-14-6-2-7-15-39)53-51(54-50)40-16-8-3-9-17-40/h1-33H/b43-28+. The summed E-state index contributed by atoms with van der Waals surface area (Å²) in [7, 11) is 0. The zero-order valence-corrected chi connectivity index (χ0v) is 29.4.